The Labute approximate surface area is 375 Å². The lowest BCUT2D eigenvalue weighted by molar-refractivity contribution is 1.07. The van der Waals surface area contributed by atoms with Crippen LogP contribution in [0.2, 0.25) is 0 Å². The third kappa shape index (κ3) is 6.08. The summed E-state index contributed by atoms with van der Waals surface area (Å²) in [6, 6.07) is 93.6. The monoisotopic (exact) mass is 831 g/mol. The van der Waals surface area contributed by atoms with Gasteiger partial charge in [-0.15, -0.1) is 0 Å². The van der Waals surface area contributed by atoms with Crippen LogP contribution in [0.5, 0.6) is 0 Å². The van der Waals surface area contributed by atoms with Crippen molar-refractivity contribution < 1.29 is 0 Å². The third-order valence-corrected chi connectivity index (χ3v) is 18.0. The molecule has 0 spiro atoms. The molecule has 0 fully saturated rings. The van der Waals surface area contributed by atoms with E-state index in [1.807, 2.05) is 0 Å². The minimum Gasteiger partial charge on any atom is -0.361 e. The van der Waals surface area contributed by atoms with Gasteiger partial charge >= 0.3 is 6.85 Å². The maximum Gasteiger partial charge on any atom is 0.330 e. The van der Waals surface area contributed by atoms with Gasteiger partial charge in [-0.3, -0.25) is 4.57 Å². The van der Waals surface area contributed by atoms with Crippen molar-refractivity contribution in [2.75, 3.05) is 4.81 Å². The number of hydrogen-bond acceptors (Lipinski definition) is 2. The molecule has 3 nitrogen and oxygen atoms in total. The predicted octanol–water partition coefficient (Wildman–Crippen LogP) is 10.1. The van der Waals surface area contributed by atoms with Crippen LogP contribution in [0.1, 0.15) is 0 Å². The van der Waals surface area contributed by atoms with Gasteiger partial charge in [-0.2, -0.15) is 0 Å². The molecule has 5 heteroatoms. The van der Waals surface area contributed by atoms with Crippen molar-refractivity contribution in [2.45, 2.75) is 0 Å². The van der Waals surface area contributed by atoms with Gasteiger partial charge in [-0.05, 0) is 73.2 Å². The summed E-state index contributed by atoms with van der Waals surface area (Å²) in [5, 5.41) is 7.78. The standard InChI is InChI=1S/C59H42BN3Si/c1-5-23-45(24-6-1)60-54-36-17-13-32-50(54)51-33-16-20-39-57(51)63(60)59-42-44(41-58(61-59)62-55-37-18-14-34-52(55)53-35-15-19-38-56(53)62)43-22-21-31-49(40-43)64(46-25-7-2-8-26-46,47-27-9-3-10-28-47)48-29-11-4-12-30-48/h1-42H. The molecule has 1 aliphatic rings. The molecule has 1 aliphatic heterocycles. The van der Waals surface area contributed by atoms with Crippen molar-refractivity contribution in [2.24, 2.45) is 0 Å². The van der Waals surface area contributed by atoms with Crippen LogP contribution < -0.4 is 36.5 Å². The fraction of sp³-hybridized carbons (Fsp3) is 0. The van der Waals surface area contributed by atoms with Crippen LogP contribution in [0.4, 0.5) is 11.5 Å². The van der Waals surface area contributed by atoms with Crippen molar-refractivity contribution >= 4 is 79.9 Å². The second-order valence-electron chi connectivity index (χ2n) is 16.7. The van der Waals surface area contributed by atoms with Crippen molar-refractivity contribution in [1.82, 2.24) is 9.55 Å². The topological polar surface area (TPSA) is 21.1 Å². The van der Waals surface area contributed by atoms with Gasteiger partial charge in [0.05, 0.1) is 11.0 Å². The Morgan fingerprint density at radius 3 is 1.47 bits per heavy atom. The molecule has 2 aromatic heterocycles. The highest BCUT2D eigenvalue weighted by Gasteiger charge is 2.42. The van der Waals surface area contributed by atoms with E-state index >= 15 is 0 Å². The molecular weight excluding hydrogens is 790 g/mol. The summed E-state index contributed by atoms with van der Waals surface area (Å²) >= 11 is 0. The van der Waals surface area contributed by atoms with Gasteiger partial charge in [0.25, 0.3) is 0 Å². The number of anilines is 2. The summed E-state index contributed by atoms with van der Waals surface area (Å²) in [6.45, 7) is -0.123. The van der Waals surface area contributed by atoms with Crippen LogP contribution in [0.25, 0.3) is 49.9 Å². The Kier molecular flexibility index (Phi) is 9.28. The molecule has 11 aromatic rings. The first-order chi connectivity index (χ1) is 31.8. The average Bonchev–Trinajstić information content (AvgIpc) is 3.72. The lowest BCUT2D eigenvalue weighted by Crippen LogP contribution is -2.74. The number of nitrogens with zero attached hydrogens (tertiary/aromatic N) is 3. The molecule has 0 saturated carbocycles. The Bertz CT molecular complexity index is 3310. The van der Waals surface area contributed by atoms with E-state index in [9.17, 15) is 0 Å². The van der Waals surface area contributed by atoms with E-state index in [0.29, 0.717) is 0 Å². The van der Waals surface area contributed by atoms with Crippen LogP contribution in [0.15, 0.2) is 255 Å². The molecule has 0 atom stereocenters. The van der Waals surface area contributed by atoms with Crippen molar-refractivity contribution in [3.63, 3.8) is 0 Å². The zero-order valence-electron chi connectivity index (χ0n) is 35.2. The molecule has 9 aromatic carbocycles. The third-order valence-electron chi connectivity index (χ3n) is 13.2. The molecule has 12 rings (SSSR count). The molecule has 0 saturated heterocycles. The van der Waals surface area contributed by atoms with Crippen molar-refractivity contribution in [3.05, 3.63) is 255 Å². The summed E-state index contributed by atoms with van der Waals surface area (Å²) in [7, 11) is -2.82. The second kappa shape index (κ2) is 15.7. The molecule has 3 heterocycles. The van der Waals surface area contributed by atoms with E-state index in [2.05, 4.69) is 264 Å². The molecule has 0 amide bonds. The maximum absolute atomic E-state index is 5.78. The summed E-state index contributed by atoms with van der Waals surface area (Å²) in [5.74, 6) is 1.75. The molecule has 300 valence electrons. The van der Waals surface area contributed by atoms with E-state index < -0.39 is 8.07 Å². The Morgan fingerprint density at radius 1 is 0.359 bits per heavy atom. The lowest BCUT2D eigenvalue weighted by Gasteiger charge is -2.38. The van der Waals surface area contributed by atoms with Crippen molar-refractivity contribution in [3.8, 4) is 28.1 Å². The minimum absolute atomic E-state index is 0.123. The molecule has 0 N–H and O–H groups in total. The Balaban J connectivity index is 1.16. The summed E-state index contributed by atoms with van der Waals surface area (Å²) < 4.78 is 2.36. The van der Waals surface area contributed by atoms with Gasteiger partial charge in [-0.25, -0.2) is 4.98 Å². The zero-order valence-corrected chi connectivity index (χ0v) is 36.2. The van der Waals surface area contributed by atoms with Gasteiger partial charge < -0.3 is 4.81 Å². The van der Waals surface area contributed by atoms with Crippen LogP contribution in [0.3, 0.4) is 0 Å². The van der Waals surface area contributed by atoms with E-state index in [1.54, 1.807) is 0 Å². The number of benzene rings is 9. The van der Waals surface area contributed by atoms with Crippen molar-refractivity contribution in [1.29, 1.82) is 0 Å². The largest absolute Gasteiger partial charge is 0.361 e. The highest BCUT2D eigenvalue weighted by Crippen LogP contribution is 2.41. The van der Waals surface area contributed by atoms with Gasteiger partial charge in [0, 0.05) is 22.0 Å². The van der Waals surface area contributed by atoms with Gasteiger partial charge in [0.2, 0.25) is 0 Å². The second-order valence-corrected chi connectivity index (χ2v) is 20.5. The summed E-state index contributed by atoms with van der Waals surface area (Å²) in [5.41, 5.74) is 10.5. The quantitative estimate of drug-likeness (QED) is 0.112. The fourth-order valence-corrected chi connectivity index (χ4v) is 15.3. The molecule has 0 bridgehead atoms. The predicted molar refractivity (Wildman–Crippen MR) is 273 cm³/mol. The number of fused-ring (bicyclic) bond motifs is 6. The Morgan fingerprint density at radius 2 is 0.844 bits per heavy atom. The zero-order chi connectivity index (χ0) is 42.5. The maximum atomic E-state index is 5.78. The Hall–Kier alpha value is -7.99. The van der Waals surface area contributed by atoms with E-state index in [-0.39, 0.29) is 6.85 Å². The number of para-hydroxylation sites is 3. The van der Waals surface area contributed by atoms with Crippen LogP contribution in [-0.4, -0.2) is 24.5 Å². The summed E-state index contributed by atoms with van der Waals surface area (Å²) in [6.07, 6.45) is 0. The highest BCUT2D eigenvalue weighted by molar-refractivity contribution is 7.19. The first kappa shape index (κ1) is 37.7. The van der Waals surface area contributed by atoms with Crippen LogP contribution in [-0.2, 0) is 0 Å². The lowest BCUT2D eigenvalue weighted by atomic mass is 9.46. The van der Waals surface area contributed by atoms with Crippen LogP contribution >= 0.6 is 0 Å². The molecule has 64 heavy (non-hydrogen) atoms. The van der Waals surface area contributed by atoms with E-state index in [1.165, 1.54) is 53.6 Å². The van der Waals surface area contributed by atoms with Crippen LogP contribution in [0, 0.1) is 0 Å². The first-order valence-electron chi connectivity index (χ1n) is 22.1. The number of aromatic nitrogens is 2. The fourth-order valence-electron chi connectivity index (χ4n) is 10.5. The number of pyridine rings is 1. The average molecular weight is 832 g/mol. The van der Waals surface area contributed by atoms with Gasteiger partial charge in [0.15, 0.2) is 8.07 Å². The molecular formula is C59H42BN3Si. The molecule has 0 radical (unpaired) electrons. The van der Waals surface area contributed by atoms with E-state index in [0.717, 1.165) is 39.5 Å². The molecule has 0 aliphatic carbocycles. The minimum atomic E-state index is -2.82. The first-order valence-corrected chi connectivity index (χ1v) is 24.1. The number of hydrogen-bond donors (Lipinski definition) is 0. The van der Waals surface area contributed by atoms with Gasteiger partial charge in [-0.1, -0.05) is 230 Å². The van der Waals surface area contributed by atoms with E-state index in [4.69, 9.17) is 4.98 Å². The SMILES string of the molecule is c1ccc(B2c3ccccc3-c3ccccc3N2c2cc(-c3cccc([Si](c4ccccc4)(c4ccccc4)c4ccccc4)c3)cc(-n3c4ccccc4c4ccccc43)n2)cc1. The smallest absolute Gasteiger partial charge is 0.330 e. The number of rotatable bonds is 8. The molecule has 0 unspecified atom stereocenters. The highest BCUT2D eigenvalue weighted by atomic mass is 28.3. The normalized spacial score (nSPS) is 12.3. The van der Waals surface area contributed by atoms with Gasteiger partial charge in [0.1, 0.15) is 11.6 Å². The summed E-state index contributed by atoms with van der Waals surface area (Å²) in [4.78, 5) is 8.27.